The number of hydrogen-bond donors (Lipinski definition) is 2. The zero-order valence-electron chi connectivity index (χ0n) is 11.3. The molecule has 1 aromatic rings. The highest BCUT2D eigenvalue weighted by Gasteiger charge is 2.21. The Labute approximate surface area is 121 Å². The van der Waals surface area contributed by atoms with Gasteiger partial charge in [0.15, 0.2) is 9.84 Å². The molecule has 0 radical (unpaired) electrons. The largest absolute Gasteiger partial charge is 0.480 e. The Morgan fingerprint density at radius 3 is 2.55 bits per heavy atom. The maximum atomic E-state index is 11.9. The molecular weight excluding hydrogens is 302 g/mol. The number of rotatable bonds is 7. The summed E-state index contributed by atoms with van der Waals surface area (Å²) in [5.74, 6) is -1.66. The van der Waals surface area contributed by atoms with Crippen LogP contribution in [0, 0.1) is 0 Å². The molecule has 0 saturated heterocycles. The van der Waals surface area contributed by atoms with Crippen LogP contribution in [0.5, 0.6) is 0 Å². The second kappa shape index (κ2) is 6.85. The number of carboxylic acid groups (broad SMARTS) is 1. The lowest BCUT2D eigenvalue weighted by molar-refractivity contribution is -0.139. The minimum absolute atomic E-state index is 0.0862. The Hall–Kier alpha value is -1.41. The lowest BCUT2D eigenvalue weighted by Gasteiger charge is -2.13. The van der Waals surface area contributed by atoms with E-state index in [2.05, 4.69) is 5.32 Å². The lowest BCUT2D eigenvalue weighted by atomic mass is 10.1. The molecule has 1 aromatic heterocycles. The maximum absolute atomic E-state index is 11.9. The molecule has 1 unspecified atom stereocenters. The number of aliphatic carboxylic acids is 1. The summed E-state index contributed by atoms with van der Waals surface area (Å²) in [6.07, 6.45) is 2.92. The molecule has 1 heterocycles. The van der Waals surface area contributed by atoms with E-state index in [1.54, 1.807) is 0 Å². The predicted molar refractivity (Wildman–Crippen MR) is 75.8 cm³/mol. The van der Waals surface area contributed by atoms with E-state index in [0.717, 1.165) is 24.0 Å². The van der Waals surface area contributed by atoms with Crippen LogP contribution >= 0.6 is 11.3 Å². The first-order valence-corrected chi connectivity index (χ1v) is 8.85. The van der Waals surface area contributed by atoms with Gasteiger partial charge < -0.3 is 10.4 Å². The van der Waals surface area contributed by atoms with Gasteiger partial charge in [0.05, 0.1) is 5.56 Å². The molecule has 0 aliphatic heterocycles. The van der Waals surface area contributed by atoms with Crippen LogP contribution < -0.4 is 5.32 Å². The van der Waals surface area contributed by atoms with Crippen LogP contribution in [0.15, 0.2) is 15.7 Å². The van der Waals surface area contributed by atoms with Crippen molar-refractivity contribution in [3.05, 3.63) is 17.0 Å². The number of carbonyl (C=O) groups excluding carboxylic acids is 1. The normalized spacial score (nSPS) is 12.9. The van der Waals surface area contributed by atoms with Crippen molar-refractivity contribution < 1.29 is 23.1 Å². The molecule has 1 atom stereocenters. The number of sulfone groups is 1. The van der Waals surface area contributed by atoms with Crippen LogP contribution in [-0.4, -0.2) is 37.7 Å². The van der Waals surface area contributed by atoms with Gasteiger partial charge in [0.25, 0.3) is 5.91 Å². The number of nitrogens with one attached hydrogen (secondary N) is 1. The van der Waals surface area contributed by atoms with E-state index < -0.39 is 27.8 Å². The number of carboxylic acids is 1. The second-order valence-electron chi connectivity index (χ2n) is 4.43. The van der Waals surface area contributed by atoms with Crippen molar-refractivity contribution >= 4 is 33.1 Å². The summed E-state index contributed by atoms with van der Waals surface area (Å²) in [6, 6.07) is 0.303. The average molecular weight is 319 g/mol. The number of unbranched alkanes of at least 4 members (excludes halogenated alkanes) is 1. The SMILES string of the molecule is CCCCC(NC(=O)c1csc(S(C)(=O)=O)c1)C(=O)O. The maximum Gasteiger partial charge on any atom is 0.326 e. The molecule has 2 N–H and O–H groups in total. The minimum Gasteiger partial charge on any atom is -0.480 e. The highest BCUT2D eigenvalue weighted by Crippen LogP contribution is 2.20. The molecule has 0 aliphatic rings. The zero-order chi connectivity index (χ0) is 15.3. The van der Waals surface area contributed by atoms with Gasteiger partial charge in [-0.3, -0.25) is 4.79 Å². The molecule has 0 bridgehead atoms. The first kappa shape index (κ1) is 16.6. The minimum atomic E-state index is -3.35. The molecule has 6 nitrogen and oxygen atoms in total. The van der Waals surface area contributed by atoms with E-state index >= 15 is 0 Å². The molecule has 112 valence electrons. The molecule has 0 spiro atoms. The van der Waals surface area contributed by atoms with Crippen LogP contribution in [-0.2, 0) is 14.6 Å². The highest BCUT2D eigenvalue weighted by molar-refractivity contribution is 7.92. The second-order valence-corrected chi connectivity index (χ2v) is 7.59. The summed E-state index contributed by atoms with van der Waals surface area (Å²) >= 11 is 0.942. The van der Waals surface area contributed by atoms with Crippen LogP contribution in [0.2, 0.25) is 0 Å². The van der Waals surface area contributed by atoms with E-state index in [9.17, 15) is 18.0 Å². The van der Waals surface area contributed by atoms with Crippen molar-refractivity contribution in [2.24, 2.45) is 0 Å². The van der Waals surface area contributed by atoms with E-state index in [1.165, 1.54) is 11.4 Å². The van der Waals surface area contributed by atoms with Gasteiger partial charge in [-0.15, -0.1) is 11.3 Å². The summed E-state index contributed by atoms with van der Waals surface area (Å²) in [7, 11) is -3.35. The van der Waals surface area contributed by atoms with Crippen LogP contribution in [0.3, 0.4) is 0 Å². The predicted octanol–water partition coefficient (Wildman–Crippen LogP) is 1.52. The van der Waals surface area contributed by atoms with Gasteiger partial charge in [0, 0.05) is 11.6 Å². The van der Waals surface area contributed by atoms with Crippen molar-refractivity contribution in [3.8, 4) is 0 Å². The average Bonchev–Trinajstić information content (AvgIpc) is 2.83. The van der Waals surface area contributed by atoms with Crippen LogP contribution in [0.1, 0.15) is 36.5 Å². The fourth-order valence-corrected chi connectivity index (χ4v) is 3.34. The summed E-state index contributed by atoms with van der Waals surface area (Å²) in [5.41, 5.74) is 0.165. The van der Waals surface area contributed by atoms with Crippen LogP contribution in [0.4, 0.5) is 0 Å². The van der Waals surface area contributed by atoms with E-state index in [-0.39, 0.29) is 9.77 Å². The summed E-state index contributed by atoms with van der Waals surface area (Å²) in [6.45, 7) is 1.93. The molecule has 0 saturated carbocycles. The first-order chi connectivity index (χ1) is 9.25. The van der Waals surface area contributed by atoms with E-state index in [4.69, 9.17) is 5.11 Å². The number of thiophene rings is 1. The van der Waals surface area contributed by atoms with Gasteiger partial charge in [0.2, 0.25) is 0 Å². The fourth-order valence-electron chi connectivity index (χ4n) is 1.54. The van der Waals surface area contributed by atoms with Gasteiger partial charge in [-0.25, -0.2) is 13.2 Å². The smallest absolute Gasteiger partial charge is 0.326 e. The topological polar surface area (TPSA) is 101 Å². The Morgan fingerprint density at radius 1 is 1.45 bits per heavy atom. The third-order valence-corrected chi connectivity index (χ3v) is 5.42. The Balaban J connectivity index is 2.79. The van der Waals surface area contributed by atoms with Gasteiger partial charge in [-0.1, -0.05) is 19.8 Å². The molecule has 0 fully saturated rings. The van der Waals surface area contributed by atoms with Gasteiger partial charge in [-0.2, -0.15) is 0 Å². The van der Waals surface area contributed by atoms with Crippen molar-refractivity contribution in [3.63, 3.8) is 0 Å². The van der Waals surface area contributed by atoms with Crippen molar-refractivity contribution in [2.75, 3.05) is 6.26 Å². The quantitative estimate of drug-likeness (QED) is 0.793. The number of carbonyl (C=O) groups is 2. The van der Waals surface area contributed by atoms with Gasteiger partial charge in [-0.05, 0) is 12.5 Å². The molecule has 20 heavy (non-hydrogen) atoms. The molecule has 0 aromatic carbocycles. The first-order valence-electron chi connectivity index (χ1n) is 6.08. The third kappa shape index (κ3) is 4.61. The summed E-state index contributed by atoms with van der Waals surface area (Å²) in [4.78, 5) is 22.9. The highest BCUT2D eigenvalue weighted by atomic mass is 32.2. The van der Waals surface area contributed by atoms with Crippen LogP contribution in [0.25, 0.3) is 0 Å². The van der Waals surface area contributed by atoms with Gasteiger partial charge >= 0.3 is 5.97 Å². The Kier molecular flexibility index (Phi) is 5.70. The fraction of sp³-hybridized carbons (Fsp3) is 0.500. The van der Waals surface area contributed by atoms with Crippen molar-refractivity contribution in [2.45, 2.75) is 36.4 Å². The monoisotopic (exact) mass is 319 g/mol. The standard InChI is InChI=1S/C12H17NO5S2/c1-3-4-5-9(12(15)16)13-11(14)8-6-10(19-7-8)20(2,17)18/h6-7,9H,3-5H2,1-2H3,(H,13,14)(H,15,16). The molecule has 8 heteroatoms. The molecule has 1 rings (SSSR count). The molecule has 0 aliphatic carbocycles. The van der Waals surface area contributed by atoms with Crippen molar-refractivity contribution in [1.82, 2.24) is 5.32 Å². The summed E-state index contributed by atoms with van der Waals surface area (Å²) in [5, 5.41) is 12.8. The number of hydrogen-bond acceptors (Lipinski definition) is 5. The Bertz CT molecular complexity index is 591. The molecule has 1 amide bonds. The molecular formula is C12H17NO5S2. The summed E-state index contributed by atoms with van der Waals surface area (Å²) < 4.78 is 22.7. The van der Waals surface area contributed by atoms with Crippen molar-refractivity contribution in [1.29, 1.82) is 0 Å². The lowest BCUT2D eigenvalue weighted by Crippen LogP contribution is -2.40. The zero-order valence-corrected chi connectivity index (χ0v) is 12.9. The van der Waals surface area contributed by atoms with E-state index in [0.29, 0.717) is 12.8 Å². The van der Waals surface area contributed by atoms with E-state index in [1.807, 2.05) is 6.92 Å². The van der Waals surface area contributed by atoms with Gasteiger partial charge in [0.1, 0.15) is 10.3 Å². The third-order valence-electron chi connectivity index (χ3n) is 2.65. The number of amides is 1. The Morgan fingerprint density at radius 2 is 2.10 bits per heavy atom.